The van der Waals surface area contributed by atoms with E-state index in [1.807, 2.05) is 33.8 Å². The van der Waals surface area contributed by atoms with E-state index in [0.717, 1.165) is 35.8 Å². The number of hydrogen-bond donors (Lipinski definition) is 1. The lowest BCUT2D eigenvalue weighted by Gasteiger charge is -2.38. The van der Waals surface area contributed by atoms with Crippen LogP contribution in [0.25, 0.3) is 0 Å². The van der Waals surface area contributed by atoms with Crippen LogP contribution >= 0.6 is 23.2 Å². The van der Waals surface area contributed by atoms with Gasteiger partial charge in [0.2, 0.25) is 0 Å². The number of rotatable bonds is 3. The molecule has 5 nitrogen and oxygen atoms in total. The van der Waals surface area contributed by atoms with Crippen molar-refractivity contribution in [3.63, 3.8) is 0 Å². The monoisotopic (exact) mass is 480 g/mol. The second kappa shape index (κ2) is 7.25. The first-order valence-corrected chi connectivity index (χ1v) is 12.2. The maximum atomic E-state index is 13.7. The van der Waals surface area contributed by atoms with Crippen molar-refractivity contribution >= 4 is 34.9 Å². The average molecular weight is 481 g/mol. The molecule has 3 aromatic rings. The molecule has 33 heavy (non-hydrogen) atoms. The third kappa shape index (κ3) is 3.28. The van der Waals surface area contributed by atoms with Crippen molar-refractivity contribution in [2.45, 2.75) is 43.7 Å². The molecule has 2 aliphatic heterocycles. The van der Waals surface area contributed by atoms with Gasteiger partial charge < -0.3 is 10.2 Å². The average Bonchev–Trinajstić information content (AvgIpc) is 3.14. The highest BCUT2D eigenvalue weighted by atomic mass is 35.5. The van der Waals surface area contributed by atoms with Crippen LogP contribution in [0.4, 0.5) is 5.82 Å². The number of fused-ring (bicyclic) bond motifs is 2. The molecule has 2 unspecified atom stereocenters. The summed E-state index contributed by atoms with van der Waals surface area (Å²) < 4.78 is 1.97. The number of anilines is 1. The minimum Gasteiger partial charge on any atom is -0.363 e. The van der Waals surface area contributed by atoms with Gasteiger partial charge in [0.05, 0.1) is 17.8 Å². The molecule has 1 saturated heterocycles. The van der Waals surface area contributed by atoms with Gasteiger partial charge in [-0.25, -0.2) is 4.68 Å². The summed E-state index contributed by atoms with van der Waals surface area (Å²) in [6, 6.07) is 16.2. The molecule has 0 bridgehead atoms. The zero-order valence-corrected chi connectivity index (χ0v) is 20.2. The standard InChI is InChI=1S/C26H26Cl2N4O/c1-25(2)12-22(16-6-4-3-5-7-16)30-23-19(13-29-32(23)25)24(33)31-14-17-11-26(17,15-31)20-10-18(27)8-9-21(20)28/h3-10,13,17,22,30H,11-12,14-15H2,1-2H3/t17?,22-,26?/m1/s1. The number of amides is 1. The van der Waals surface area contributed by atoms with Crippen molar-refractivity contribution in [2.24, 2.45) is 5.92 Å². The van der Waals surface area contributed by atoms with E-state index in [4.69, 9.17) is 23.2 Å². The van der Waals surface area contributed by atoms with Gasteiger partial charge in [0.1, 0.15) is 11.4 Å². The van der Waals surface area contributed by atoms with E-state index in [1.54, 1.807) is 6.20 Å². The van der Waals surface area contributed by atoms with Gasteiger partial charge >= 0.3 is 0 Å². The molecule has 1 amide bonds. The molecule has 1 aromatic heterocycles. The predicted molar refractivity (Wildman–Crippen MR) is 131 cm³/mol. The number of nitrogens with one attached hydrogen (secondary N) is 1. The summed E-state index contributed by atoms with van der Waals surface area (Å²) in [5.41, 5.74) is 2.63. The van der Waals surface area contributed by atoms with E-state index in [-0.39, 0.29) is 22.9 Å². The van der Waals surface area contributed by atoms with Gasteiger partial charge in [-0.15, -0.1) is 0 Å². The van der Waals surface area contributed by atoms with Gasteiger partial charge in [0.15, 0.2) is 0 Å². The van der Waals surface area contributed by atoms with Crippen LogP contribution in [-0.2, 0) is 11.0 Å². The number of carbonyl (C=O) groups is 1. The van der Waals surface area contributed by atoms with E-state index >= 15 is 0 Å². The van der Waals surface area contributed by atoms with Gasteiger partial charge in [0.25, 0.3) is 5.91 Å². The maximum Gasteiger partial charge on any atom is 0.259 e. The van der Waals surface area contributed by atoms with E-state index in [0.29, 0.717) is 23.0 Å². The summed E-state index contributed by atoms with van der Waals surface area (Å²) in [5, 5.41) is 9.66. The molecular formula is C26H26Cl2N4O. The summed E-state index contributed by atoms with van der Waals surface area (Å²) in [4.78, 5) is 15.7. The summed E-state index contributed by atoms with van der Waals surface area (Å²) in [5.74, 6) is 1.25. The van der Waals surface area contributed by atoms with Crippen molar-refractivity contribution < 1.29 is 4.79 Å². The highest BCUT2D eigenvalue weighted by Gasteiger charge is 2.62. The molecule has 3 heterocycles. The minimum absolute atomic E-state index is 0.0259. The fourth-order valence-corrected chi connectivity index (χ4v) is 6.37. The molecule has 1 N–H and O–H groups in total. The van der Waals surface area contributed by atoms with Gasteiger partial charge in [-0.1, -0.05) is 53.5 Å². The number of hydrogen-bond acceptors (Lipinski definition) is 3. The smallest absolute Gasteiger partial charge is 0.259 e. The second-order valence-electron chi connectivity index (χ2n) is 10.3. The fraction of sp³-hybridized carbons (Fsp3) is 0.385. The van der Waals surface area contributed by atoms with Gasteiger partial charge in [-0.2, -0.15) is 5.10 Å². The molecule has 0 radical (unpaired) electrons. The number of likely N-dealkylation sites (tertiary alicyclic amines) is 1. The maximum absolute atomic E-state index is 13.7. The van der Waals surface area contributed by atoms with Crippen molar-refractivity contribution in [3.8, 4) is 0 Å². The van der Waals surface area contributed by atoms with E-state index in [9.17, 15) is 4.79 Å². The lowest BCUT2D eigenvalue weighted by atomic mass is 9.89. The lowest BCUT2D eigenvalue weighted by molar-refractivity contribution is 0.0772. The summed E-state index contributed by atoms with van der Waals surface area (Å²) in [6.45, 7) is 5.75. The molecule has 0 spiro atoms. The van der Waals surface area contributed by atoms with E-state index in [1.165, 1.54) is 5.56 Å². The third-order valence-corrected chi connectivity index (χ3v) is 8.25. The zero-order chi connectivity index (χ0) is 23.0. The van der Waals surface area contributed by atoms with Crippen LogP contribution in [0.2, 0.25) is 10.0 Å². The normalized spacial score (nSPS) is 27.0. The molecule has 7 heteroatoms. The summed E-state index contributed by atoms with van der Waals surface area (Å²) in [7, 11) is 0. The van der Waals surface area contributed by atoms with Crippen LogP contribution in [0.3, 0.4) is 0 Å². The molecule has 1 saturated carbocycles. The number of benzene rings is 2. The molecule has 2 fully saturated rings. The SMILES string of the molecule is CC1(C)C[C@H](c2ccccc2)Nc2c(C(=O)N3CC4CC4(c4cc(Cl)ccc4Cl)C3)cnn21. The van der Waals surface area contributed by atoms with Crippen LogP contribution in [0, 0.1) is 5.92 Å². The Morgan fingerprint density at radius 2 is 1.91 bits per heavy atom. The molecular weight excluding hydrogens is 455 g/mol. The number of nitrogens with zero attached hydrogens (tertiary/aromatic N) is 3. The Bertz CT molecular complexity index is 1250. The van der Waals surface area contributed by atoms with Gasteiger partial charge in [-0.3, -0.25) is 4.79 Å². The van der Waals surface area contributed by atoms with Crippen molar-refractivity contribution in [2.75, 3.05) is 18.4 Å². The molecule has 6 rings (SSSR count). The van der Waals surface area contributed by atoms with Crippen LogP contribution in [0.5, 0.6) is 0 Å². The molecule has 3 aliphatic rings. The first-order chi connectivity index (χ1) is 15.8. The number of aromatic nitrogens is 2. The van der Waals surface area contributed by atoms with E-state index < -0.39 is 0 Å². The first kappa shape index (κ1) is 21.1. The predicted octanol–water partition coefficient (Wildman–Crippen LogP) is 5.90. The minimum atomic E-state index is -0.206. The Kier molecular flexibility index (Phi) is 4.63. The number of halogens is 2. The highest BCUT2D eigenvalue weighted by Crippen LogP contribution is 2.61. The second-order valence-corrected chi connectivity index (χ2v) is 11.2. The summed E-state index contributed by atoms with van der Waals surface area (Å²) in [6.07, 6.45) is 3.66. The molecule has 2 aromatic carbocycles. The number of carbonyl (C=O) groups excluding carboxylic acids is 1. The van der Waals surface area contributed by atoms with Crippen LogP contribution in [0.1, 0.15) is 54.2 Å². The Hall–Kier alpha value is -2.50. The fourth-order valence-electron chi connectivity index (χ4n) is 5.90. The Morgan fingerprint density at radius 1 is 1.12 bits per heavy atom. The molecule has 3 atom stereocenters. The van der Waals surface area contributed by atoms with Gasteiger partial charge in [-0.05, 0) is 61.9 Å². The Labute approximate surface area is 203 Å². The van der Waals surface area contributed by atoms with Crippen molar-refractivity contribution in [1.29, 1.82) is 0 Å². The van der Waals surface area contributed by atoms with E-state index in [2.05, 4.69) is 48.5 Å². The van der Waals surface area contributed by atoms with Crippen LogP contribution < -0.4 is 5.32 Å². The zero-order valence-electron chi connectivity index (χ0n) is 18.7. The summed E-state index contributed by atoms with van der Waals surface area (Å²) >= 11 is 12.8. The molecule has 1 aliphatic carbocycles. The van der Waals surface area contributed by atoms with Crippen molar-refractivity contribution in [1.82, 2.24) is 14.7 Å². The third-order valence-electron chi connectivity index (χ3n) is 7.69. The highest BCUT2D eigenvalue weighted by molar-refractivity contribution is 6.33. The number of piperidine rings is 1. The topological polar surface area (TPSA) is 50.2 Å². The van der Waals surface area contributed by atoms with Gasteiger partial charge in [0, 0.05) is 28.5 Å². The van der Waals surface area contributed by atoms with Crippen LogP contribution in [-0.4, -0.2) is 33.7 Å². The molecule has 170 valence electrons. The Balaban J connectivity index is 1.30. The largest absolute Gasteiger partial charge is 0.363 e. The van der Waals surface area contributed by atoms with Crippen LogP contribution in [0.15, 0.2) is 54.7 Å². The quantitative estimate of drug-likeness (QED) is 0.507. The Morgan fingerprint density at radius 3 is 2.70 bits per heavy atom. The van der Waals surface area contributed by atoms with Crippen molar-refractivity contribution in [3.05, 3.63) is 81.5 Å². The first-order valence-electron chi connectivity index (χ1n) is 11.4. The lowest BCUT2D eigenvalue weighted by Crippen LogP contribution is -2.39.